The number of hydrogen-bond acceptors (Lipinski definition) is 3. The van der Waals surface area contributed by atoms with E-state index in [4.69, 9.17) is 4.98 Å². The molecular weight excluding hydrogens is 386 g/mol. The summed E-state index contributed by atoms with van der Waals surface area (Å²) >= 11 is 3.61. The Kier molecular flexibility index (Phi) is 4.77. The van der Waals surface area contributed by atoms with Crippen LogP contribution < -0.4 is 5.32 Å². The van der Waals surface area contributed by atoms with Crippen molar-refractivity contribution < 1.29 is 0 Å². The third kappa shape index (κ3) is 3.51. The molecule has 0 atom stereocenters. The fourth-order valence-electron chi connectivity index (χ4n) is 3.32. The van der Waals surface area contributed by atoms with Crippen LogP contribution in [0.3, 0.4) is 0 Å². The highest BCUT2D eigenvalue weighted by molar-refractivity contribution is 9.10. The third-order valence-electron chi connectivity index (χ3n) is 4.76. The summed E-state index contributed by atoms with van der Waals surface area (Å²) in [4.78, 5) is 9.16. The van der Waals surface area contributed by atoms with E-state index in [9.17, 15) is 0 Å². The standard InChI is InChI=1S/C22H22BrN3/c1-3-4-18(15-6-7-15)20-13-25-21-10-8-16(23)11-19(21)22(20)26-17-9-5-14(2)24-12-17/h4-5,8-13,15H,3,6-7H2,1-2H3,(H,25,26)/b18-4-. The molecule has 2 heterocycles. The van der Waals surface area contributed by atoms with E-state index in [1.807, 2.05) is 31.5 Å². The van der Waals surface area contributed by atoms with Gasteiger partial charge in [0.05, 0.1) is 23.1 Å². The van der Waals surface area contributed by atoms with E-state index >= 15 is 0 Å². The Labute approximate surface area is 162 Å². The lowest BCUT2D eigenvalue weighted by Crippen LogP contribution is -2.01. The predicted molar refractivity (Wildman–Crippen MR) is 113 cm³/mol. The van der Waals surface area contributed by atoms with Crippen LogP contribution in [-0.2, 0) is 0 Å². The number of rotatable bonds is 5. The average Bonchev–Trinajstić information content (AvgIpc) is 3.47. The highest BCUT2D eigenvalue weighted by Gasteiger charge is 2.28. The second kappa shape index (κ2) is 7.20. The Bertz CT molecular complexity index is 973. The summed E-state index contributed by atoms with van der Waals surface area (Å²) in [6.45, 7) is 4.20. The first-order valence-corrected chi connectivity index (χ1v) is 9.93. The van der Waals surface area contributed by atoms with Gasteiger partial charge in [-0.1, -0.05) is 28.9 Å². The van der Waals surface area contributed by atoms with Gasteiger partial charge in [0, 0.05) is 27.3 Å². The van der Waals surface area contributed by atoms with Crippen molar-refractivity contribution in [2.75, 3.05) is 5.32 Å². The van der Waals surface area contributed by atoms with Gasteiger partial charge in [0.15, 0.2) is 0 Å². The normalized spacial score (nSPS) is 14.7. The molecule has 2 aromatic heterocycles. The number of nitrogens with zero attached hydrogens (tertiary/aromatic N) is 2. The fraction of sp³-hybridized carbons (Fsp3) is 0.273. The first-order valence-electron chi connectivity index (χ1n) is 9.14. The molecular formula is C22H22BrN3. The van der Waals surface area contributed by atoms with Crippen molar-refractivity contribution in [3.05, 3.63) is 64.5 Å². The molecule has 26 heavy (non-hydrogen) atoms. The molecule has 4 rings (SSSR count). The van der Waals surface area contributed by atoms with Crippen molar-refractivity contribution >= 4 is 43.8 Å². The minimum atomic E-state index is 0.665. The number of aryl methyl sites for hydroxylation is 1. The molecule has 1 N–H and O–H groups in total. The minimum absolute atomic E-state index is 0.665. The van der Waals surface area contributed by atoms with Gasteiger partial charge in [0.25, 0.3) is 0 Å². The quantitative estimate of drug-likeness (QED) is 0.514. The zero-order valence-electron chi connectivity index (χ0n) is 15.1. The monoisotopic (exact) mass is 407 g/mol. The Hall–Kier alpha value is -2.20. The van der Waals surface area contributed by atoms with Gasteiger partial charge in [-0.25, -0.2) is 0 Å². The number of aromatic nitrogens is 2. The first kappa shape index (κ1) is 17.2. The highest BCUT2D eigenvalue weighted by atomic mass is 79.9. The zero-order valence-corrected chi connectivity index (χ0v) is 16.7. The number of allylic oxidation sites excluding steroid dienone is 2. The Morgan fingerprint density at radius 3 is 2.73 bits per heavy atom. The molecule has 0 saturated heterocycles. The van der Waals surface area contributed by atoms with Gasteiger partial charge in [0.2, 0.25) is 0 Å². The lowest BCUT2D eigenvalue weighted by atomic mass is 9.97. The maximum absolute atomic E-state index is 4.73. The SMILES string of the molecule is CC/C=C(\c1cnc2ccc(Br)cc2c1Nc1ccc(C)nc1)C1CC1. The Morgan fingerprint density at radius 1 is 1.19 bits per heavy atom. The van der Waals surface area contributed by atoms with Gasteiger partial charge in [-0.2, -0.15) is 0 Å². The molecule has 132 valence electrons. The summed E-state index contributed by atoms with van der Waals surface area (Å²) in [6.07, 6.45) is 9.86. The van der Waals surface area contributed by atoms with Crippen LogP contribution in [0.25, 0.3) is 16.5 Å². The number of nitrogens with one attached hydrogen (secondary N) is 1. The van der Waals surface area contributed by atoms with Crippen LogP contribution in [0.5, 0.6) is 0 Å². The smallest absolute Gasteiger partial charge is 0.0724 e. The van der Waals surface area contributed by atoms with Crippen LogP contribution in [0.2, 0.25) is 0 Å². The molecule has 0 bridgehead atoms. The molecule has 0 unspecified atom stereocenters. The highest BCUT2D eigenvalue weighted by Crippen LogP contribution is 2.46. The van der Waals surface area contributed by atoms with E-state index in [2.05, 4.69) is 57.4 Å². The molecule has 0 spiro atoms. The van der Waals surface area contributed by atoms with Crippen LogP contribution in [-0.4, -0.2) is 9.97 Å². The number of pyridine rings is 2. The third-order valence-corrected chi connectivity index (χ3v) is 5.26. The zero-order chi connectivity index (χ0) is 18.1. The molecule has 4 heteroatoms. The van der Waals surface area contributed by atoms with Gasteiger partial charge in [-0.3, -0.25) is 9.97 Å². The van der Waals surface area contributed by atoms with Gasteiger partial charge in [0.1, 0.15) is 0 Å². The summed E-state index contributed by atoms with van der Waals surface area (Å²) in [5.74, 6) is 0.665. The largest absolute Gasteiger partial charge is 0.353 e. The molecule has 1 aliphatic rings. The molecule has 1 aliphatic carbocycles. The lowest BCUT2D eigenvalue weighted by molar-refractivity contribution is 1.11. The molecule has 3 aromatic rings. The van der Waals surface area contributed by atoms with Crippen molar-refractivity contribution in [2.24, 2.45) is 5.92 Å². The second-order valence-corrected chi connectivity index (χ2v) is 7.78. The summed E-state index contributed by atoms with van der Waals surface area (Å²) < 4.78 is 1.06. The van der Waals surface area contributed by atoms with Gasteiger partial charge in [-0.05, 0) is 68.0 Å². The summed E-state index contributed by atoms with van der Waals surface area (Å²) in [6, 6.07) is 10.4. The van der Waals surface area contributed by atoms with E-state index in [1.165, 1.54) is 24.0 Å². The van der Waals surface area contributed by atoms with Crippen molar-refractivity contribution in [3.63, 3.8) is 0 Å². The fourth-order valence-corrected chi connectivity index (χ4v) is 3.68. The molecule has 1 saturated carbocycles. The molecule has 1 fully saturated rings. The molecule has 0 radical (unpaired) electrons. The summed E-state index contributed by atoms with van der Waals surface area (Å²) in [5.41, 5.74) is 6.75. The molecule has 0 aliphatic heterocycles. The molecule has 3 nitrogen and oxygen atoms in total. The van der Waals surface area contributed by atoms with Gasteiger partial charge in [-0.15, -0.1) is 0 Å². The van der Waals surface area contributed by atoms with Gasteiger partial charge >= 0.3 is 0 Å². The van der Waals surface area contributed by atoms with E-state index in [0.29, 0.717) is 5.92 Å². The van der Waals surface area contributed by atoms with Crippen LogP contribution in [0.4, 0.5) is 11.4 Å². The van der Waals surface area contributed by atoms with Crippen molar-refractivity contribution in [1.82, 2.24) is 9.97 Å². The van der Waals surface area contributed by atoms with Crippen molar-refractivity contribution in [1.29, 1.82) is 0 Å². The first-order chi connectivity index (χ1) is 12.7. The predicted octanol–water partition coefficient (Wildman–Crippen LogP) is 6.65. The number of fused-ring (bicyclic) bond motifs is 1. The minimum Gasteiger partial charge on any atom is -0.353 e. The van der Waals surface area contributed by atoms with E-state index < -0.39 is 0 Å². The number of anilines is 2. The van der Waals surface area contributed by atoms with Crippen molar-refractivity contribution in [2.45, 2.75) is 33.1 Å². The van der Waals surface area contributed by atoms with Gasteiger partial charge < -0.3 is 5.32 Å². The number of halogens is 1. The number of benzene rings is 1. The van der Waals surface area contributed by atoms with Crippen LogP contribution >= 0.6 is 15.9 Å². The molecule has 1 aromatic carbocycles. The van der Waals surface area contributed by atoms with Crippen molar-refractivity contribution in [3.8, 4) is 0 Å². The van der Waals surface area contributed by atoms with Crippen LogP contribution in [0.15, 0.2) is 53.3 Å². The van der Waals surface area contributed by atoms with E-state index in [0.717, 1.165) is 38.9 Å². The van der Waals surface area contributed by atoms with Crippen LogP contribution in [0.1, 0.15) is 37.4 Å². The summed E-state index contributed by atoms with van der Waals surface area (Å²) in [5, 5.41) is 4.75. The second-order valence-electron chi connectivity index (χ2n) is 6.86. The van der Waals surface area contributed by atoms with Crippen LogP contribution in [0, 0.1) is 12.8 Å². The van der Waals surface area contributed by atoms with E-state index in [-0.39, 0.29) is 0 Å². The maximum Gasteiger partial charge on any atom is 0.0724 e. The number of hydrogen-bond donors (Lipinski definition) is 1. The molecule has 0 amide bonds. The Balaban J connectivity index is 1.90. The topological polar surface area (TPSA) is 37.8 Å². The summed E-state index contributed by atoms with van der Waals surface area (Å²) in [7, 11) is 0. The lowest BCUT2D eigenvalue weighted by Gasteiger charge is -2.17. The average molecular weight is 408 g/mol. The van der Waals surface area contributed by atoms with E-state index in [1.54, 1.807) is 0 Å². The Morgan fingerprint density at radius 2 is 2.04 bits per heavy atom. The maximum atomic E-state index is 4.73.